The molecule has 136 valence electrons. The fraction of sp³-hybridized carbons (Fsp3) is 0.600. The van der Waals surface area contributed by atoms with Gasteiger partial charge in [0.1, 0.15) is 4.90 Å². The zero-order valence-electron chi connectivity index (χ0n) is 14.4. The minimum absolute atomic E-state index is 0.0271. The Morgan fingerprint density at radius 1 is 1.21 bits per heavy atom. The van der Waals surface area contributed by atoms with E-state index in [2.05, 4.69) is 0 Å². The summed E-state index contributed by atoms with van der Waals surface area (Å²) in [6, 6.07) is 6.51. The number of thioether (sulfide) groups is 1. The SMILES string of the molecule is CCSc1ccccc1S(=O)(=O)OC(O[P+](=O)O)(C(C)C)C(C)C. The Labute approximate surface area is 149 Å². The van der Waals surface area contributed by atoms with Crippen molar-refractivity contribution >= 4 is 30.1 Å². The van der Waals surface area contributed by atoms with Gasteiger partial charge in [0.25, 0.3) is 0 Å². The van der Waals surface area contributed by atoms with E-state index in [0.717, 1.165) is 0 Å². The molecule has 0 heterocycles. The Kier molecular flexibility index (Phi) is 7.84. The van der Waals surface area contributed by atoms with Crippen molar-refractivity contribution in [3.8, 4) is 0 Å². The average molecular weight is 395 g/mol. The molecule has 1 aromatic rings. The first-order valence-electron chi connectivity index (χ1n) is 7.59. The molecule has 0 saturated carbocycles. The lowest BCUT2D eigenvalue weighted by Gasteiger charge is -2.34. The predicted octanol–water partition coefficient (Wildman–Crippen LogP) is 4.18. The average Bonchev–Trinajstić information content (AvgIpc) is 2.46. The molecular formula is C15H24O6PS2+. The van der Waals surface area contributed by atoms with Gasteiger partial charge in [-0.2, -0.15) is 8.42 Å². The molecule has 0 aliphatic rings. The van der Waals surface area contributed by atoms with Crippen molar-refractivity contribution in [3.05, 3.63) is 24.3 Å². The normalized spacial score (nSPS) is 13.6. The lowest BCUT2D eigenvalue weighted by molar-refractivity contribution is -0.176. The van der Waals surface area contributed by atoms with Gasteiger partial charge in [-0.15, -0.1) is 16.7 Å². The van der Waals surface area contributed by atoms with Crippen LogP contribution in [-0.4, -0.2) is 24.9 Å². The fourth-order valence-electron chi connectivity index (χ4n) is 2.36. The van der Waals surface area contributed by atoms with Crippen LogP contribution >= 0.6 is 20.0 Å². The first-order valence-corrected chi connectivity index (χ1v) is 11.1. The van der Waals surface area contributed by atoms with Crippen LogP contribution in [0.2, 0.25) is 0 Å². The Morgan fingerprint density at radius 2 is 1.75 bits per heavy atom. The van der Waals surface area contributed by atoms with Gasteiger partial charge in [0.2, 0.25) is 5.79 Å². The van der Waals surface area contributed by atoms with Gasteiger partial charge in [-0.1, -0.05) is 51.3 Å². The molecule has 9 heteroatoms. The Bertz CT molecular complexity index is 664. The highest BCUT2D eigenvalue weighted by Crippen LogP contribution is 2.42. The largest absolute Gasteiger partial charge is 0.697 e. The van der Waals surface area contributed by atoms with Gasteiger partial charge in [0.15, 0.2) is 0 Å². The van der Waals surface area contributed by atoms with Gasteiger partial charge in [-0.25, -0.2) is 4.18 Å². The van der Waals surface area contributed by atoms with Crippen molar-refractivity contribution in [2.75, 3.05) is 5.75 Å². The maximum Gasteiger partial charge on any atom is 0.697 e. The quantitative estimate of drug-likeness (QED) is 0.290. The van der Waals surface area contributed by atoms with Crippen molar-refractivity contribution in [1.82, 2.24) is 0 Å². The van der Waals surface area contributed by atoms with Crippen LogP contribution in [0.5, 0.6) is 0 Å². The van der Waals surface area contributed by atoms with Crippen LogP contribution in [0.25, 0.3) is 0 Å². The molecule has 1 aromatic carbocycles. The predicted molar refractivity (Wildman–Crippen MR) is 94.4 cm³/mol. The third-order valence-electron chi connectivity index (χ3n) is 3.49. The molecule has 0 bridgehead atoms. The summed E-state index contributed by atoms with van der Waals surface area (Å²) >= 11 is 1.38. The van der Waals surface area contributed by atoms with E-state index in [1.807, 2.05) is 6.92 Å². The minimum Gasteiger partial charge on any atom is -0.226 e. The smallest absolute Gasteiger partial charge is 0.226 e. The summed E-state index contributed by atoms with van der Waals surface area (Å²) in [7, 11) is -7.23. The van der Waals surface area contributed by atoms with Crippen LogP contribution in [0.4, 0.5) is 0 Å². The molecule has 1 N–H and O–H groups in total. The van der Waals surface area contributed by atoms with Crippen molar-refractivity contribution in [3.63, 3.8) is 0 Å². The molecule has 0 fully saturated rings. The van der Waals surface area contributed by atoms with E-state index in [4.69, 9.17) is 8.71 Å². The molecule has 0 amide bonds. The van der Waals surface area contributed by atoms with Crippen molar-refractivity contribution in [2.45, 2.75) is 50.2 Å². The van der Waals surface area contributed by atoms with Crippen molar-refractivity contribution in [2.24, 2.45) is 11.8 Å². The van der Waals surface area contributed by atoms with Crippen LogP contribution in [0.3, 0.4) is 0 Å². The van der Waals surface area contributed by atoms with E-state index in [-0.39, 0.29) is 4.90 Å². The Balaban J connectivity index is 3.38. The van der Waals surface area contributed by atoms with Crippen LogP contribution in [0.1, 0.15) is 34.6 Å². The first kappa shape index (κ1) is 21.5. The molecule has 0 aliphatic heterocycles. The summed E-state index contributed by atoms with van der Waals surface area (Å²) in [5.41, 5.74) is 0. The molecule has 0 saturated heterocycles. The summed E-state index contributed by atoms with van der Waals surface area (Å²) in [5, 5.41) is 0. The lowest BCUT2D eigenvalue weighted by atomic mass is 9.92. The van der Waals surface area contributed by atoms with Gasteiger partial charge in [-0.3, -0.25) is 0 Å². The summed E-state index contributed by atoms with van der Waals surface area (Å²) in [4.78, 5) is 9.79. The zero-order valence-corrected chi connectivity index (χ0v) is 17.0. The number of hydrogen-bond acceptors (Lipinski definition) is 6. The van der Waals surface area contributed by atoms with E-state index >= 15 is 0 Å². The Hall–Kier alpha value is -0.500. The Morgan fingerprint density at radius 3 is 2.21 bits per heavy atom. The highest BCUT2D eigenvalue weighted by molar-refractivity contribution is 8.00. The van der Waals surface area contributed by atoms with E-state index in [1.165, 1.54) is 17.8 Å². The van der Waals surface area contributed by atoms with E-state index in [1.54, 1.807) is 45.9 Å². The highest BCUT2D eigenvalue weighted by Gasteiger charge is 2.51. The second kappa shape index (κ2) is 8.74. The monoisotopic (exact) mass is 395 g/mol. The molecule has 1 unspecified atom stereocenters. The number of rotatable bonds is 9. The molecule has 0 radical (unpaired) electrons. The third-order valence-corrected chi connectivity index (χ3v) is 6.39. The second-order valence-corrected chi connectivity index (χ2v) is 9.26. The summed E-state index contributed by atoms with van der Waals surface area (Å²) in [6.07, 6.45) is 0. The minimum atomic E-state index is -4.19. The third kappa shape index (κ3) is 5.00. The number of benzene rings is 1. The van der Waals surface area contributed by atoms with Crippen LogP contribution in [0, 0.1) is 11.8 Å². The zero-order chi connectivity index (χ0) is 18.5. The molecule has 0 aromatic heterocycles. The maximum atomic E-state index is 12.8. The topological polar surface area (TPSA) is 89.9 Å². The molecule has 1 rings (SSSR count). The molecule has 1 atom stereocenters. The highest BCUT2D eigenvalue weighted by atomic mass is 32.2. The van der Waals surface area contributed by atoms with Crippen LogP contribution < -0.4 is 0 Å². The summed E-state index contributed by atoms with van der Waals surface area (Å²) in [6.45, 7) is 8.64. The van der Waals surface area contributed by atoms with Gasteiger partial charge in [-0.05, 0) is 17.9 Å². The van der Waals surface area contributed by atoms with Gasteiger partial charge in [0, 0.05) is 21.3 Å². The first-order chi connectivity index (χ1) is 11.1. The number of hydrogen-bond donors (Lipinski definition) is 1. The van der Waals surface area contributed by atoms with Crippen LogP contribution in [-0.2, 0) is 23.4 Å². The van der Waals surface area contributed by atoms with Crippen molar-refractivity contribution in [1.29, 1.82) is 0 Å². The van der Waals surface area contributed by atoms with Crippen LogP contribution in [0.15, 0.2) is 34.1 Å². The molecule has 24 heavy (non-hydrogen) atoms. The van der Waals surface area contributed by atoms with E-state index < -0.39 is 36.0 Å². The maximum absolute atomic E-state index is 12.8. The summed E-state index contributed by atoms with van der Waals surface area (Å²) in [5.74, 6) is -1.97. The van der Waals surface area contributed by atoms with Gasteiger partial charge >= 0.3 is 18.4 Å². The molecule has 0 spiro atoms. The van der Waals surface area contributed by atoms with E-state index in [0.29, 0.717) is 10.6 Å². The lowest BCUT2D eigenvalue weighted by Crippen LogP contribution is -2.46. The fourth-order valence-corrected chi connectivity index (χ4v) is 5.70. The van der Waals surface area contributed by atoms with E-state index in [9.17, 15) is 17.9 Å². The second-order valence-electron chi connectivity index (χ2n) is 5.78. The standard InChI is InChI=1S/C15H23O6PS2/c1-6-23-13-9-7-8-10-14(13)24(18,19)21-15(11(2)3,12(4)5)20-22(16)17/h7-12H,6H2,1-5H3/p+1. The summed E-state index contributed by atoms with van der Waals surface area (Å²) < 4.78 is 47.4. The molecule has 0 aliphatic carbocycles. The van der Waals surface area contributed by atoms with Crippen molar-refractivity contribution < 1.29 is 26.6 Å². The molecular weight excluding hydrogens is 371 g/mol. The molecule has 6 nitrogen and oxygen atoms in total. The van der Waals surface area contributed by atoms with Gasteiger partial charge in [0.05, 0.1) is 0 Å². The van der Waals surface area contributed by atoms with Gasteiger partial charge < -0.3 is 0 Å².